The number of hydrazine groups is 1. The van der Waals surface area contributed by atoms with Crippen molar-refractivity contribution >= 4 is 29.1 Å². The highest BCUT2D eigenvalue weighted by Gasteiger charge is 2.26. The molecule has 2 N–H and O–H groups in total. The molecule has 1 fully saturated rings. The first kappa shape index (κ1) is 25.3. The van der Waals surface area contributed by atoms with Gasteiger partial charge in [-0.15, -0.1) is 0 Å². The summed E-state index contributed by atoms with van der Waals surface area (Å²) in [6, 6.07) is 13.0. The molecule has 1 saturated heterocycles. The number of amides is 1. The number of carbonyl (C=O) groups is 1. The van der Waals surface area contributed by atoms with Gasteiger partial charge in [0.2, 0.25) is 0 Å². The van der Waals surface area contributed by atoms with Crippen LogP contribution < -0.4 is 5.43 Å². The molecule has 6 nitrogen and oxygen atoms in total. The van der Waals surface area contributed by atoms with Crippen molar-refractivity contribution in [3.05, 3.63) is 69.5 Å². The Kier molecular flexibility index (Phi) is 8.48. The molecule has 1 amide bonds. The molecular formula is C27H28Cl2N4O2. The van der Waals surface area contributed by atoms with Gasteiger partial charge >= 0.3 is 0 Å². The van der Waals surface area contributed by atoms with E-state index in [1.165, 1.54) is 6.42 Å². The van der Waals surface area contributed by atoms with Crippen molar-refractivity contribution in [3.63, 3.8) is 0 Å². The third-order valence-electron chi connectivity index (χ3n) is 5.91. The van der Waals surface area contributed by atoms with E-state index in [-0.39, 0.29) is 12.5 Å². The smallest absolute Gasteiger partial charge is 0.286 e. The van der Waals surface area contributed by atoms with Crippen LogP contribution in [0.1, 0.15) is 54.4 Å². The van der Waals surface area contributed by atoms with E-state index in [2.05, 4.69) is 17.3 Å². The molecule has 1 aliphatic rings. The van der Waals surface area contributed by atoms with E-state index in [9.17, 15) is 4.79 Å². The van der Waals surface area contributed by atoms with Crippen molar-refractivity contribution in [2.45, 2.75) is 39.0 Å². The Balaban J connectivity index is 1.80. The van der Waals surface area contributed by atoms with Crippen molar-refractivity contribution in [3.8, 4) is 28.9 Å². The Bertz CT molecular complexity index is 1250. The maximum Gasteiger partial charge on any atom is 0.286 e. The van der Waals surface area contributed by atoms with Crippen LogP contribution in [0.15, 0.2) is 42.5 Å². The fourth-order valence-corrected chi connectivity index (χ4v) is 4.70. The van der Waals surface area contributed by atoms with Gasteiger partial charge in [0.05, 0.1) is 17.3 Å². The number of aromatic nitrogens is 2. The van der Waals surface area contributed by atoms with Crippen LogP contribution >= 0.6 is 23.2 Å². The Labute approximate surface area is 215 Å². The van der Waals surface area contributed by atoms with Gasteiger partial charge in [-0.2, -0.15) is 0 Å². The summed E-state index contributed by atoms with van der Waals surface area (Å²) in [5.41, 5.74) is 6.59. The standard InChI is InChI=1S/C27H28Cl2N4O2/c1-2-24-25(27(35)31-32-15-5-3-6-16-32)30-26(22-14-11-20(28)18-23(22)29)33(24)21-12-9-19(10-13-21)8-4-7-17-34/h9-14,18,34H,2-3,5-7,15-17H2,1H3,(H,31,35). The fraction of sp³-hybridized carbons (Fsp3) is 0.333. The van der Waals surface area contributed by atoms with E-state index in [0.717, 1.165) is 42.9 Å². The number of nitrogens with one attached hydrogen (secondary N) is 1. The molecule has 1 aliphatic heterocycles. The van der Waals surface area contributed by atoms with E-state index in [1.807, 2.05) is 46.8 Å². The van der Waals surface area contributed by atoms with E-state index in [1.54, 1.807) is 12.1 Å². The van der Waals surface area contributed by atoms with Gasteiger partial charge in [0, 0.05) is 41.3 Å². The summed E-state index contributed by atoms with van der Waals surface area (Å²) in [6.45, 7) is 3.71. The Hall–Kier alpha value is -2.82. The quantitative estimate of drug-likeness (QED) is 0.443. The van der Waals surface area contributed by atoms with Crippen LogP contribution in [0.2, 0.25) is 10.0 Å². The second-order valence-electron chi connectivity index (χ2n) is 8.35. The lowest BCUT2D eigenvalue weighted by Gasteiger charge is -2.26. The molecule has 0 saturated carbocycles. The molecule has 4 rings (SSSR count). The number of hydrogen-bond donors (Lipinski definition) is 2. The fourth-order valence-electron chi connectivity index (χ4n) is 4.21. The summed E-state index contributed by atoms with van der Waals surface area (Å²) in [6.07, 6.45) is 4.33. The zero-order valence-corrected chi connectivity index (χ0v) is 21.2. The third kappa shape index (κ3) is 5.88. The Morgan fingerprint density at radius 1 is 1.11 bits per heavy atom. The monoisotopic (exact) mass is 510 g/mol. The zero-order valence-electron chi connectivity index (χ0n) is 19.7. The van der Waals surface area contributed by atoms with Crippen LogP contribution in [0.4, 0.5) is 0 Å². The third-order valence-corrected chi connectivity index (χ3v) is 6.45. The van der Waals surface area contributed by atoms with E-state index < -0.39 is 0 Å². The number of piperidine rings is 1. The van der Waals surface area contributed by atoms with E-state index in [0.29, 0.717) is 40.0 Å². The molecule has 0 bridgehead atoms. The zero-order chi connectivity index (χ0) is 24.8. The maximum absolute atomic E-state index is 13.3. The largest absolute Gasteiger partial charge is 0.395 e. The maximum atomic E-state index is 13.3. The van der Waals surface area contributed by atoms with Gasteiger partial charge in [0.1, 0.15) is 5.82 Å². The van der Waals surface area contributed by atoms with Gasteiger partial charge in [0.25, 0.3) is 5.91 Å². The van der Waals surface area contributed by atoms with Crippen LogP contribution in [-0.2, 0) is 6.42 Å². The van der Waals surface area contributed by atoms with Gasteiger partial charge in [-0.25, -0.2) is 9.99 Å². The van der Waals surface area contributed by atoms with Gasteiger partial charge < -0.3 is 5.11 Å². The number of aliphatic hydroxyl groups is 1. The van der Waals surface area contributed by atoms with Crippen molar-refractivity contribution in [1.82, 2.24) is 20.0 Å². The number of nitrogens with zero attached hydrogens (tertiary/aromatic N) is 3. The topological polar surface area (TPSA) is 70.4 Å². The second kappa shape index (κ2) is 11.7. The number of benzene rings is 2. The molecule has 2 heterocycles. The lowest BCUT2D eigenvalue weighted by molar-refractivity contribution is 0.0744. The van der Waals surface area contributed by atoms with Crippen molar-refractivity contribution in [2.24, 2.45) is 0 Å². The van der Waals surface area contributed by atoms with Crippen LogP contribution in [0.25, 0.3) is 17.1 Å². The molecule has 0 spiro atoms. The summed E-state index contributed by atoms with van der Waals surface area (Å²) in [5, 5.41) is 11.9. The van der Waals surface area contributed by atoms with Crippen LogP contribution in [-0.4, -0.2) is 45.3 Å². The predicted molar refractivity (Wildman–Crippen MR) is 140 cm³/mol. The molecule has 0 atom stereocenters. The lowest BCUT2D eigenvalue weighted by atomic mass is 10.1. The molecule has 0 aliphatic carbocycles. The highest BCUT2D eigenvalue weighted by molar-refractivity contribution is 6.36. The van der Waals surface area contributed by atoms with Crippen molar-refractivity contribution < 1.29 is 9.90 Å². The summed E-state index contributed by atoms with van der Waals surface area (Å²) in [7, 11) is 0. The van der Waals surface area contributed by atoms with Crippen LogP contribution in [0.5, 0.6) is 0 Å². The Morgan fingerprint density at radius 3 is 2.51 bits per heavy atom. The van der Waals surface area contributed by atoms with Gasteiger partial charge in [-0.05, 0) is 61.7 Å². The predicted octanol–water partition coefficient (Wildman–Crippen LogP) is 5.27. The average molecular weight is 511 g/mol. The van der Waals surface area contributed by atoms with Crippen LogP contribution in [0.3, 0.4) is 0 Å². The molecule has 1 aromatic heterocycles. The molecule has 182 valence electrons. The minimum absolute atomic E-state index is 0.0352. The molecule has 0 radical (unpaired) electrons. The molecule has 3 aromatic rings. The molecule has 8 heteroatoms. The van der Waals surface area contributed by atoms with E-state index in [4.69, 9.17) is 33.3 Å². The normalized spacial score (nSPS) is 13.8. The summed E-state index contributed by atoms with van der Waals surface area (Å²) >= 11 is 12.7. The molecule has 2 aromatic carbocycles. The number of halogens is 2. The minimum Gasteiger partial charge on any atom is -0.395 e. The summed E-state index contributed by atoms with van der Waals surface area (Å²) < 4.78 is 1.98. The lowest BCUT2D eigenvalue weighted by Crippen LogP contribution is -2.45. The highest BCUT2D eigenvalue weighted by atomic mass is 35.5. The van der Waals surface area contributed by atoms with Crippen molar-refractivity contribution in [1.29, 1.82) is 0 Å². The molecule has 0 unspecified atom stereocenters. The van der Waals surface area contributed by atoms with E-state index >= 15 is 0 Å². The minimum atomic E-state index is -0.222. The van der Waals surface area contributed by atoms with Crippen LogP contribution in [0, 0.1) is 11.8 Å². The number of rotatable bonds is 6. The summed E-state index contributed by atoms with van der Waals surface area (Å²) in [4.78, 5) is 18.1. The SMILES string of the molecule is CCc1c(C(=O)NN2CCCCC2)nc(-c2ccc(Cl)cc2Cl)n1-c1ccc(C#CCCO)cc1. The second-order valence-corrected chi connectivity index (χ2v) is 9.20. The van der Waals surface area contributed by atoms with Gasteiger partial charge in [-0.1, -0.05) is 48.4 Å². The van der Waals surface area contributed by atoms with Crippen molar-refractivity contribution in [2.75, 3.05) is 19.7 Å². The Morgan fingerprint density at radius 2 is 1.86 bits per heavy atom. The van der Waals surface area contributed by atoms with Gasteiger partial charge in [0.15, 0.2) is 5.69 Å². The highest BCUT2D eigenvalue weighted by Crippen LogP contribution is 2.33. The van der Waals surface area contributed by atoms with Gasteiger partial charge in [-0.3, -0.25) is 14.8 Å². The number of imidazole rings is 1. The average Bonchev–Trinajstić information content (AvgIpc) is 3.25. The first-order valence-electron chi connectivity index (χ1n) is 11.8. The first-order valence-corrected chi connectivity index (χ1v) is 12.6. The summed E-state index contributed by atoms with van der Waals surface area (Å²) in [5.74, 6) is 6.33. The first-order chi connectivity index (χ1) is 17.0. The number of carbonyl (C=O) groups excluding carboxylic acids is 1. The number of aliphatic hydroxyl groups excluding tert-OH is 1. The molecule has 35 heavy (non-hydrogen) atoms. The number of hydrogen-bond acceptors (Lipinski definition) is 4. The molecular weight excluding hydrogens is 483 g/mol.